The van der Waals surface area contributed by atoms with E-state index in [0.717, 1.165) is 5.92 Å². The summed E-state index contributed by atoms with van der Waals surface area (Å²) < 4.78 is 0. The molecule has 10 heavy (non-hydrogen) atoms. The molecule has 0 bridgehead atoms. The maximum atomic E-state index is 3.27. The minimum absolute atomic E-state index is 0.419. The molecular weight excluding hydrogens is 122 g/mol. The van der Waals surface area contributed by atoms with E-state index < -0.39 is 0 Å². The van der Waals surface area contributed by atoms with Crippen LogP contribution in [0.5, 0.6) is 0 Å². The lowest BCUT2D eigenvalue weighted by Gasteiger charge is -2.32. The first-order valence-electron chi connectivity index (χ1n) is 4.07. The van der Waals surface area contributed by atoms with Crippen molar-refractivity contribution in [2.75, 3.05) is 7.05 Å². The van der Waals surface area contributed by atoms with Gasteiger partial charge in [0.2, 0.25) is 0 Å². The fraction of sp³-hybridized carbons (Fsp3) is 1.00. The molecule has 1 unspecified atom stereocenters. The van der Waals surface area contributed by atoms with Crippen LogP contribution in [0.25, 0.3) is 0 Å². The Labute approximate surface area is 65.2 Å². The van der Waals surface area contributed by atoms with E-state index in [9.17, 15) is 0 Å². The highest BCUT2D eigenvalue weighted by Crippen LogP contribution is 2.27. The second-order valence-electron chi connectivity index (χ2n) is 4.23. The molecule has 0 aromatic carbocycles. The molecule has 0 radical (unpaired) electrons. The van der Waals surface area contributed by atoms with Crippen LogP contribution >= 0.6 is 0 Å². The Morgan fingerprint density at radius 1 is 1.10 bits per heavy atom. The van der Waals surface area contributed by atoms with Gasteiger partial charge in [-0.1, -0.05) is 27.7 Å². The van der Waals surface area contributed by atoms with Crippen molar-refractivity contribution in [1.29, 1.82) is 0 Å². The van der Waals surface area contributed by atoms with Crippen LogP contribution in [0, 0.1) is 11.3 Å². The van der Waals surface area contributed by atoms with Crippen LogP contribution in [0.2, 0.25) is 0 Å². The van der Waals surface area contributed by atoms with Gasteiger partial charge in [0.15, 0.2) is 0 Å². The molecular formula is C9H21N. The molecule has 0 aliphatic rings. The SMILES string of the molecule is CNC(C)[C@@H](C)C(C)(C)C. The van der Waals surface area contributed by atoms with Crippen molar-refractivity contribution in [1.82, 2.24) is 5.32 Å². The summed E-state index contributed by atoms with van der Waals surface area (Å²) in [5, 5.41) is 3.27. The summed E-state index contributed by atoms with van der Waals surface area (Å²) in [5.41, 5.74) is 0.419. The fourth-order valence-electron chi connectivity index (χ4n) is 1.00. The van der Waals surface area contributed by atoms with E-state index in [-0.39, 0.29) is 0 Å². The van der Waals surface area contributed by atoms with E-state index in [4.69, 9.17) is 0 Å². The molecule has 0 aromatic heterocycles. The third-order valence-corrected chi connectivity index (χ3v) is 2.57. The summed E-state index contributed by atoms with van der Waals surface area (Å²) in [7, 11) is 2.02. The monoisotopic (exact) mass is 143 g/mol. The molecule has 0 amide bonds. The molecule has 0 aromatic rings. The molecule has 1 heteroatoms. The maximum absolute atomic E-state index is 3.27. The van der Waals surface area contributed by atoms with Crippen LogP contribution in [-0.4, -0.2) is 13.1 Å². The van der Waals surface area contributed by atoms with Gasteiger partial charge in [-0.25, -0.2) is 0 Å². The highest BCUT2D eigenvalue weighted by Gasteiger charge is 2.23. The quantitative estimate of drug-likeness (QED) is 0.625. The summed E-state index contributed by atoms with van der Waals surface area (Å²) in [4.78, 5) is 0. The molecule has 2 atom stereocenters. The van der Waals surface area contributed by atoms with Crippen LogP contribution in [0.3, 0.4) is 0 Å². The van der Waals surface area contributed by atoms with E-state index in [0.29, 0.717) is 11.5 Å². The van der Waals surface area contributed by atoms with E-state index in [1.165, 1.54) is 0 Å². The first-order valence-corrected chi connectivity index (χ1v) is 4.07. The van der Waals surface area contributed by atoms with Crippen LogP contribution in [-0.2, 0) is 0 Å². The smallest absolute Gasteiger partial charge is 0.00663 e. The van der Waals surface area contributed by atoms with Crippen LogP contribution in [0.1, 0.15) is 34.6 Å². The van der Waals surface area contributed by atoms with E-state index in [1.54, 1.807) is 0 Å². The Morgan fingerprint density at radius 2 is 1.50 bits per heavy atom. The van der Waals surface area contributed by atoms with Gasteiger partial charge in [-0.15, -0.1) is 0 Å². The van der Waals surface area contributed by atoms with Gasteiger partial charge < -0.3 is 5.32 Å². The molecule has 0 heterocycles. The van der Waals surface area contributed by atoms with Gasteiger partial charge in [0.25, 0.3) is 0 Å². The number of hydrogen-bond donors (Lipinski definition) is 1. The summed E-state index contributed by atoms with van der Waals surface area (Å²) in [6.45, 7) is 11.4. The van der Waals surface area contributed by atoms with Crippen molar-refractivity contribution in [2.24, 2.45) is 11.3 Å². The van der Waals surface area contributed by atoms with Crippen molar-refractivity contribution in [3.63, 3.8) is 0 Å². The Kier molecular flexibility index (Phi) is 3.37. The fourth-order valence-corrected chi connectivity index (χ4v) is 1.00. The first kappa shape index (κ1) is 9.96. The van der Waals surface area contributed by atoms with Gasteiger partial charge in [-0.05, 0) is 25.3 Å². The number of hydrogen-bond acceptors (Lipinski definition) is 1. The van der Waals surface area contributed by atoms with E-state index in [1.807, 2.05) is 7.05 Å². The van der Waals surface area contributed by atoms with E-state index >= 15 is 0 Å². The van der Waals surface area contributed by atoms with Crippen LogP contribution in [0.4, 0.5) is 0 Å². The standard InChI is InChI=1S/C9H21N/c1-7(8(2)10-6)9(3,4)5/h7-8,10H,1-6H3/t7-,8?/m1/s1. The number of nitrogens with one attached hydrogen (secondary N) is 1. The van der Waals surface area contributed by atoms with Gasteiger partial charge in [-0.3, -0.25) is 0 Å². The molecule has 0 spiro atoms. The topological polar surface area (TPSA) is 12.0 Å². The largest absolute Gasteiger partial charge is 0.317 e. The molecule has 0 aliphatic heterocycles. The molecule has 1 nitrogen and oxygen atoms in total. The summed E-state index contributed by atoms with van der Waals surface area (Å²) in [6.07, 6.45) is 0. The highest BCUT2D eigenvalue weighted by molar-refractivity contribution is 4.77. The predicted molar refractivity (Wildman–Crippen MR) is 47.1 cm³/mol. The third-order valence-electron chi connectivity index (χ3n) is 2.57. The predicted octanol–water partition coefficient (Wildman–Crippen LogP) is 2.28. The average molecular weight is 143 g/mol. The lowest BCUT2D eigenvalue weighted by molar-refractivity contribution is 0.212. The van der Waals surface area contributed by atoms with Crippen molar-refractivity contribution in [2.45, 2.75) is 40.7 Å². The molecule has 0 rings (SSSR count). The lowest BCUT2D eigenvalue weighted by atomic mass is 9.78. The Hall–Kier alpha value is -0.0400. The summed E-state index contributed by atoms with van der Waals surface area (Å²) in [6, 6.07) is 0.611. The molecule has 0 saturated heterocycles. The molecule has 0 aliphatic carbocycles. The Balaban J connectivity index is 3.94. The third kappa shape index (κ3) is 2.70. The van der Waals surface area contributed by atoms with Gasteiger partial charge >= 0.3 is 0 Å². The summed E-state index contributed by atoms with van der Waals surface area (Å²) in [5.74, 6) is 0.720. The van der Waals surface area contributed by atoms with Crippen molar-refractivity contribution < 1.29 is 0 Å². The van der Waals surface area contributed by atoms with Crippen molar-refractivity contribution >= 4 is 0 Å². The molecule has 1 N–H and O–H groups in total. The molecule has 0 saturated carbocycles. The van der Waals surface area contributed by atoms with Crippen LogP contribution < -0.4 is 5.32 Å². The van der Waals surface area contributed by atoms with Gasteiger partial charge in [0, 0.05) is 6.04 Å². The second-order valence-corrected chi connectivity index (χ2v) is 4.23. The van der Waals surface area contributed by atoms with E-state index in [2.05, 4.69) is 39.9 Å². The Morgan fingerprint density at radius 3 is 1.60 bits per heavy atom. The second kappa shape index (κ2) is 3.38. The molecule has 62 valence electrons. The molecule has 0 fully saturated rings. The van der Waals surface area contributed by atoms with Gasteiger partial charge in [0.1, 0.15) is 0 Å². The zero-order valence-corrected chi connectivity index (χ0v) is 8.15. The zero-order valence-electron chi connectivity index (χ0n) is 8.15. The Bertz CT molecular complexity index is 91.4. The normalized spacial score (nSPS) is 18.6. The summed E-state index contributed by atoms with van der Waals surface area (Å²) >= 11 is 0. The van der Waals surface area contributed by atoms with Crippen molar-refractivity contribution in [3.8, 4) is 0 Å². The van der Waals surface area contributed by atoms with Crippen LogP contribution in [0.15, 0.2) is 0 Å². The highest BCUT2D eigenvalue weighted by atomic mass is 14.9. The zero-order chi connectivity index (χ0) is 8.36. The minimum Gasteiger partial charge on any atom is -0.317 e. The van der Waals surface area contributed by atoms with Gasteiger partial charge in [-0.2, -0.15) is 0 Å². The average Bonchev–Trinajstić information content (AvgIpc) is 1.83. The number of rotatable bonds is 2. The maximum Gasteiger partial charge on any atom is 0.00663 e. The minimum atomic E-state index is 0.419. The first-order chi connectivity index (χ1) is 4.39. The lowest BCUT2D eigenvalue weighted by Crippen LogP contribution is -2.36. The van der Waals surface area contributed by atoms with Crippen molar-refractivity contribution in [3.05, 3.63) is 0 Å². The van der Waals surface area contributed by atoms with Gasteiger partial charge in [0.05, 0.1) is 0 Å².